The zero-order valence-electron chi connectivity index (χ0n) is 14.1. The second-order valence-corrected chi connectivity index (χ2v) is 6.17. The van der Waals surface area contributed by atoms with E-state index in [9.17, 15) is 13.2 Å². The molecule has 3 rings (SSSR count). The van der Waals surface area contributed by atoms with Crippen LogP contribution in [-0.2, 0) is 6.18 Å². The summed E-state index contributed by atoms with van der Waals surface area (Å²) in [4.78, 5) is 4.23. The summed E-state index contributed by atoms with van der Waals surface area (Å²) in [5.41, 5.74) is 0.293. The Balaban J connectivity index is 1.78. The molecule has 0 saturated carbocycles. The number of aromatic nitrogens is 3. The number of alkyl halides is 3. The van der Waals surface area contributed by atoms with Crippen LogP contribution in [0.4, 0.5) is 30.6 Å². The van der Waals surface area contributed by atoms with Crippen LogP contribution in [0.25, 0.3) is 0 Å². The van der Waals surface area contributed by atoms with Gasteiger partial charge in [-0.2, -0.15) is 23.3 Å². The standard InChI is InChI=1S/C18H15ClF3N5/c1-11(12-5-3-2-4-6-12)24-17-26-16(10-23-27-17)25-15-9-13(18(20,21)22)7-8-14(15)19/h2-11H,1H3,(H2,24,25,26,27). The van der Waals surface area contributed by atoms with Crippen molar-refractivity contribution in [3.8, 4) is 0 Å². The zero-order valence-corrected chi connectivity index (χ0v) is 14.9. The Bertz CT molecular complexity index is 918. The van der Waals surface area contributed by atoms with Gasteiger partial charge in [0.25, 0.3) is 0 Å². The Hall–Kier alpha value is -2.87. The van der Waals surface area contributed by atoms with Gasteiger partial charge in [0.2, 0.25) is 5.95 Å². The predicted molar refractivity (Wildman–Crippen MR) is 98.0 cm³/mol. The van der Waals surface area contributed by atoms with Crippen LogP contribution in [0, 0.1) is 0 Å². The molecule has 0 amide bonds. The van der Waals surface area contributed by atoms with Crippen molar-refractivity contribution in [3.05, 3.63) is 70.9 Å². The van der Waals surface area contributed by atoms with E-state index < -0.39 is 11.7 Å². The third-order valence-electron chi connectivity index (χ3n) is 3.76. The zero-order chi connectivity index (χ0) is 19.4. The van der Waals surface area contributed by atoms with Crippen LogP contribution in [0.1, 0.15) is 24.1 Å². The summed E-state index contributed by atoms with van der Waals surface area (Å²) in [6, 6.07) is 12.6. The smallest absolute Gasteiger partial charge is 0.346 e. The molecule has 0 radical (unpaired) electrons. The van der Waals surface area contributed by atoms with E-state index in [4.69, 9.17) is 11.6 Å². The predicted octanol–water partition coefficient (Wildman–Crippen LogP) is 5.46. The molecule has 0 aliphatic heterocycles. The molecular weight excluding hydrogens is 379 g/mol. The number of hydrogen-bond donors (Lipinski definition) is 2. The number of benzene rings is 2. The molecule has 0 fully saturated rings. The van der Waals surface area contributed by atoms with Crippen LogP contribution in [0.3, 0.4) is 0 Å². The number of hydrogen-bond acceptors (Lipinski definition) is 5. The van der Waals surface area contributed by atoms with Gasteiger partial charge in [-0.25, -0.2) is 0 Å². The van der Waals surface area contributed by atoms with Crippen molar-refractivity contribution < 1.29 is 13.2 Å². The second-order valence-electron chi connectivity index (χ2n) is 5.76. The van der Waals surface area contributed by atoms with Gasteiger partial charge in [0, 0.05) is 0 Å². The Morgan fingerprint density at radius 1 is 1.07 bits per heavy atom. The topological polar surface area (TPSA) is 62.7 Å². The highest BCUT2D eigenvalue weighted by Gasteiger charge is 2.31. The van der Waals surface area contributed by atoms with E-state index in [-0.39, 0.29) is 28.5 Å². The molecule has 0 spiro atoms. The van der Waals surface area contributed by atoms with Gasteiger partial charge >= 0.3 is 6.18 Å². The molecule has 1 unspecified atom stereocenters. The quantitative estimate of drug-likeness (QED) is 0.602. The molecule has 0 saturated heterocycles. The SMILES string of the molecule is CC(Nc1nncc(Nc2cc(C(F)(F)F)ccc2Cl)n1)c1ccccc1. The summed E-state index contributed by atoms with van der Waals surface area (Å²) in [6.07, 6.45) is -3.17. The molecule has 0 bridgehead atoms. The van der Waals surface area contributed by atoms with Gasteiger partial charge in [-0.3, -0.25) is 0 Å². The molecule has 9 heteroatoms. The van der Waals surface area contributed by atoms with Crippen molar-refractivity contribution in [1.29, 1.82) is 0 Å². The minimum Gasteiger partial charge on any atom is -0.346 e. The van der Waals surface area contributed by atoms with Gasteiger partial charge in [-0.1, -0.05) is 41.9 Å². The summed E-state index contributed by atoms with van der Waals surface area (Å²) >= 11 is 5.99. The Morgan fingerprint density at radius 3 is 2.52 bits per heavy atom. The van der Waals surface area contributed by atoms with Gasteiger partial charge in [-0.05, 0) is 30.7 Å². The lowest BCUT2D eigenvalue weighted by molar-refractivity contribution is -0.137. The third kappa shape index (κ3) is 4.85. The minimum atomic E-state index is -4.47. The maximum absolute atomic E-state index is 12.9. The molecule has 1 heterocycles. The van der Waals surface area contributed by atoms with Crippen LogP contribution < -0.4 is 10.6 Å². The summed E-state index contributed by atoms with van der Waals surface area (Å²) < 4.78 is 38.7. The molecule has 1 aromatic heterocycles. The number of nitrogens with one attached hydrogen (secondary N) is 2. The average molecular weight is 394 g/mol. The fourth-order valence-corrected chi connectivity index (χ4v) is 2.54. The second kappa shape index (κ2) is 7.79. The number of rotatable bonds is 5. The van der Waals surface area contributed by atoms with E-state index >= 15 is 0 Å². The molecule has 2 N–H and O–H groups in total. The first-order chi connectivity index (χ1) is 12.8. The molecule has 1 atom stereocenters. The number of halogens is 4. The van der Waals surface area contributed by atoms with E-state index in [1.54, 1.807) is 0 Å². The van der Waals surface area contributed by atoms with Crippen molar-refractivity contribution in [2.24, 2.45) is 0 Å². The summed E-state index contributed by atoms with van der Waals surface area (Å²) in [6.45, 7) is 1.93. The summed E-state index contributed by atoms with van der Waals surface area (Å²) in [5.74, 6) is 0.452. The van der Waals surface area contributed by atoms with Crippen LogP contribution in [0.15, 0.2) is 54.7 Å². The average Bonchev–Trinajstić information content (AvgIpc) is 2.63. The largest absolute Gasteiger partial charge is 0.416 e. The normalized spacial score (nSPS) is 12.5. The molecule has 27 heavy (non-hydrogen) atoms. The molecule has 2 aromatic carbocycles. The lowest BCUT2D eigenvalue weighted by Crippen LogP contribution is -2.11. The summed E-state index contributed by atoms with van der Waals surface area (Å²) in [7, 11) is 0. The van der Waals surface area contributed by atoms with Gasteiger partial charge in [-0.15, -0.1) is 5.10 Å². The van der Waals surface area contributed by atoms with Crippen LogP contribution in [0.5, 0.6) is 0 Å². The highest BCUT2D eigenvalue weighted by molar-refractivity contribution is 6.33. The van der Waals surface area contributed by atoms with Crippen LogP contribution in [0.2, 0.25) is 5.02 Å². The van der Waals surface area contributed by atoms with Crippen LogP contribution in [-0.4, -0.2) is 15.2 Å². The maximum Gasteiger partial charge on any atom is 0.416 e. The molecule has 0 aliphatic carbocycles. The molecular formula is C18H15ClF3N5. The van der Waals surface area contributed by atoms with Gasteiger partial charge in [0.1, 0.15) is 0 Å². The third-order valence-corrected chi connectivity index (χ3v) is 4.09. The molecule has 3 aromatic rings. The molecule has 5 nitrogen and oxygen atoms in total. The number of anilines is 3. The van der Waals surface area contributed by atoms with E-state index in [0.717, 1.165) is 17.7 Å². The first-order valence-electron chi connectivity index (χ1n) is 7.98. The van der Waals surface area contributed by atoms with E-state index in [1.165, 1.54) is 12.3 Å². The Morgan fingerprint density at radius 2 is 1.81 bits per heavy atom. The van der Waals surface area contributed by atoms with Gasteiger partial charge in [0.15, 0.2) is 5.82 Å². The number of nitrogens with zero attached hydrogens (tertiary/aromatic N) is 3. The van der Waals surface area contributed by atoms with Gasteiger partial charge < -0.3 is 10.6 Å². The monoisotopic (exact) mass is 393 g/mol. The van der Waals surface area contributed by atoms with Crippen LogP contribution >= 0.6 is 11.6 Å². The van der Waals surface area contributed by atoms with Crippen molar-refractivity contribution in [2.45, 2.75) is 19.1 Å². The highest BCUT2D eigenvalue weighted by atomic mass is 35.5. The van der Waals surface area contributed by atoms with Crippen molar-refractivity contribution in [2.75, 3.05) is 10.6 Å². The minimum absolute atomic E-state index is 0.0778. The molecule has 140 valence electrons. The van der Waals surface area contributed by atoms with Gasteiger partial charge in [0.05, 0.1) is 28.5 Å². The fraction of sp³-hybridized carbons (Fsp3) is 0.167. The fourth-order valence-electron chi connectivity index (χ4n) is 2.38. The van der Waals surface area contributed by atoms with Crippen molar-refractivity contribution in [3.63, 3.8) is 0 Å². The Kier molecular flexibility index (Phi) is 5.46. The van der Waals surface area contributed by atoms with E-state index in [2.05, 4.69) is 25.8 Å². The molecule has 0 aliphatic rings. The van der Waals surface area contributed by atoms with Crippen molar-refractivity contribution in [1.82, 2.24) is 15.2 Å². The highest BCUT2D eigenvalue weighted by Crippen LogP contribution is 2.34. The summed E-state index contributed by atoms with van der Waals surface area (Å²) in [5, 5.41) is 13.7. The maximum atomic E-state index is 12.9. The Labute approximate surface area is 158 Å². The van der Waals surface area contributed by atoms with Crippen molar-refractivity contribution >= 4 is 29.1 Å². The first kappa shape index (κ1) is 18.9. The lowest BCUT2D eigenvalue weighted by Gasteiger charge is -2.15. The van der Waals surface area contributed by atoms with E-state index in [0.29, 0.717) is 0 Å². The van der Waals surface area contributed by atoms with E-state index in [1.807, 2.05) is 37.3 Å². The lowest BCUT2D eigenvalue weighted by atomic mass is 10.1. The first-order valence-corrected chi connectivity index (χ1v) is 8.36.